The Morgan fingerprint density at radius 2 is 0.720 bits per heavy atom. The predicted molar refractivity (Wildman–Crippen MR) is 100 cm³/mol. The van der Waals surface area contributed by atoms with E-state index in [1.807, 2.05) is 0 Å². The highest BCUT2D eigenvalue weighted by Crippen LogP contribution is 2.02. The first kappa shape index (κ1) is 26.0. The van der Waals surface area contributed by atoms with Crippen LogP contribution in [0.2, 0.25) is 0 Å². The van der Waals surface area contributed by atoms with Gasteiger partial charge in [-0.15, -0.1) is 0 Å². The van der Waals surface area contributed by atoms with Crippen LogP contribution in [-0.2, 0) is 39.3 Å². The summed E-state index contributed by atoms with van der Waals surface area (Å²) in [5, 5.41) is 2.03. The molecule has 0 saturated carbocycles. The quantitative estimate of drug-likeness (QED) is 0.438. The highest BCUT2D eigenvalue weighted by Gasteiger charge is 2.15. The van der Waals surface area contributed by atoms with Gasteiger partial charge in [-0.25, -0.2) is 33.7 Å². The monoisotopic (exact) mass is 434 g/mol. The first-order chi connectivity index (χ1) is 11.2. The zero-order valence-corrected chi connectivity index (χ0v) is 16.8. The minimum Gasteiger partial charge on any atom is -0.224 e. The number of hydrogen-bond acceptors (Lipinski definition) is 8. The minimum atomic E-state index is -3.68. The van der Waals surface area contributed by atoms with Crippen LogP contribution in [0.25, 0.3) is 0 Å². The van der Waals surface area contributed by atoms with Gasteiger partial charge < -0.3 is 0 Å². The van der Waals surface area contributed by atoms with Crippen molar-refractivity contribution in [2.24, 2.45) is 0 Å². The average molecular weight is 435 g/mol. The molecule has 0 aliphatic rings. The van der Waals surface area contributed by atoms with Gasteiger partial charge in [0.2, 0.25) is 0 Å². The van der Waals surface area contributed by atoms with Gasteiger partial charge in [-0.05, 0) is 12.8 Å². The van der Waals surface area contributed by atoms with Gasteiger partial charge in [-0.3, -0.25) is 0 Å². The molecule has 0 aromatic heterocycles. The number of hydrogen-bond donors (Lipinski definition) is 0. The largest absolute Gasteiger partial charge is 0.224 e. The van der Waals surface area contributed by atoms with Crippen LogP contribution < -0.4 is 0 Å². The summed E-state index contributed by atoms with van der Waals surface area (Å²) in [6.07, 6.45) is 0.642. The van der Waals surface area contributed by atoms with E-state index in [1.54, 1.807) is 0 Å². The van der Waals surface area contributed by atoms with E-state index in [2.05, 4.69) is 26.3 Å². The fraction of sp³-hybridized carbons (Fsp3) is 0.385. The van der Waals surface area contributed by atoms with Crippen LogP contribution >= 0.6 is 0 Å². The molecular formula is C13H22O8S4. The van der Waals surface area contributed by atoms with E-state index in [9.17, 15) is 33.7 Å². The van der Waals surface area contributed by atoms with Gasteiger partial charge in [0.25, 0.3) is 0 Å². The maximum Gasteiger partial charge on any atom is 0.185 e. The van der Waals surface area contributed by atoms with Crippen molar-refractivity contribution in [3.63, 3.8) is 0 Å². The predicted octanol–water partition coefficient (Wildman–Crippen LogP) is 0.944. The van der Waals surface area contributed by atoms with Gasteiger partial charge in [-0.2, -0.15) is 0 Å². The first-order valence-corrected chi connectivity index (χ1v) is 13.4. The van der Waals surface area contributed by atoms with Crippen molar-refractivity contribution in [3.8, 4) is 0 Å². The molecule has 0 fully saturated rings. The number of sulfone groups is 4. The van der Waals surface area contributed by atoms with Crippen molar-refractivity contribution in [2.75, 3.05) is 16.6 Å². The molecule has 0 aromatic carbocycles. The summed E-state index contributed by atoms with van der Waals surface area (Å²) in [6, 6.07) is 0. The molecule has 0 N–H and O–H groups in total. The molecule has 0 unspecified atom stereocenters. The minimum absolute atomic E-state index is 0.0524. The number of unbranched alkanes of at least 4 members (excludes halogenated alkanes) is 1. The molecule has 0 radical (unpaired) electrons. The lowest BCUT2D eigenvalue weighted by Crippen LogP contribution is -2.11. The van der Waals surface area contributed by atoms with E-state index in [1.165, 1.54) is 0 Å². The Bertz CT molecular complexity index is 813. The highest BCUT2D eigenvalue weighted by atomic mass is 32.3. The molecule has 8 nitrogen and oxygen atoms in total. The second kappa shape index (κ2) is 10.7. The third kappa shape index (κ3) is 14.8. The van der Waals surface area contributed by atoms with Crippen molar-refractivity contribution >= 4 is 39.3 Å². The Kier molecular flexibility index (Phi) is 11.1. The molecule has 0 spiro atoms. The molecule has 0 bridgehead atoms. The maximum absolute atomic E-state index is 10.9. The molecular weight excluding hydrogens is 412 g/mol. The van der Waals surface area contributed by atoms with Crippen LogP contribution in [0.15, 0.2) is 47.9 Å². The van der Waals surface area contributed by atoms with Gasteiger partial charge in [0.05, 0.1) is 11.5 Å². The lowest BCUT2D eigenvalue weighted by Gasteiger charge is -1.98. The van der Waals surface area contributed by atoms with Crippen LogP contribution in [0.5, 0.6) is 0 Å². The summed E-state index contributed by atoms with van der Waals surface area (Å²) in [5.74, 6) is -0.105. The fourth-order valence-corrected chi connectivity index (χ4v) is 5.25. The van der Waals surface area contributed by atoms with Gasteiger partial charge in [0.1, 0.15) is 0 Å². The topological polar surface area (TPSA) is 137 Å². The molecule has 0 heterocycles. The molecule has 12 heteroatoms. The molecule has 0 aromatic rings. The van der Waals surface area contributed by atoms with Crippen molar-refractivity contribution in [3.05, 3.63) is 47.9 Å². The molecule has 0 aliphatic carbocycles. The summed E-state index contributed by atoms with van der Waals surface area (Å²) in [6.45, 7) is 12.2. The standard InChI is InChI=1S/C8H14O4S2.C5H8O4S2/c1-3-13(9,10)7-5-6-8-14(11,12)4-2;1-3-10(6,7)5-11(8,9)4-2/h3-4H,1-2,5-8H2;3-4H,1-2,5H2. The smallest absolute Gasteiger partial charge is 0.185 e. The van der Waals surface area contributed by atoms with E-state index < -0.39 is 44.4 Å². The first-order valence-electron chi connectivity index (χ1n) is 6.56. The van der Waals surface area contributed by atoms with Crippen molar-refractivity contribution in [1.29, 1.82) is 0 Å². The lowest BCUT2D eigenvalue weighted by molar-refractivity contribution is 0.594. The molecule has 0 saturated heterocycles. The molecule has 0 aliphatic heterocycles. The normalized spacial score (nSPS) is 12.3. The number of rotatable bonds is 11. The summed E-state index contributed by atoms with van der Waals surface area (Å²) < 4.78 is 86.1. The van der Waals surface area contributed by atoms with Gasteiger partial charge in [-0.1, -0.05) is 26.3 Å². The summed E-state index contributed by atoms with van der Waals surface area (Å²) in [7, 11) is -13.8. The van der Waals surface area contributed by atoms with E-state index in [4.69, 9.17) is 0 Å². The SMILES string of the molecule is C=CS(=O)(=O)CCCCS(=O)(=O)C=C.C=CS(=O)(=O)CS(=O)(=O)C=C. The van der Waals surface area contributed by atoms with Crippen LogP contribution in [-0.4, -0.2) is 50.3 Å². The van der Waals surface area contributed by atoms with Crippen LogP contribution in [0.1, 0.15) is 12.8 Å². The van der Waals surface area contributed by atoms with E-state index >= 15 is 0 Å². The highest BCUT2D eigenvalue weighted by molar-refractivity contribution is 8.10. The maximum atomic E-state index is 10.9. The molecule has 0 atom stereocenters. The zero-order chi connectivity index (χ0) is 20.4. The third-order valence-electron chi connectivity index (χ3n) is 2.45. The summed E-state index contributed by atoms with van der Waals surface area (Å²) >= 11 is 0. The zero-order valence-electron chi connectivity index (χ0n) is 13.6. The van der Waals surface area contributed by atoms with Gasteiger partial charge in [0, 0.05) is 21.6 Å². The van der Waals surface area contributed by atoms with Gasteiger partial charge >= 0.3 is 0 Å². The van der Waals surface area contributed by atoms with Gasteiger partial charge in [0.15, 0.2) is 44.4 Å². The Morgan fingerprint density at radius 3 is 0.920 bits per heavy atom. The van der Waals surface area contributed by atoms with E-state index in [0.29, 0.717) is 23.7 Å². The summed E-state index contributed by atoms with van der Waals surface area (Å²) in [4.78, 5) is 0. The van der Waals surface area contributed by atoms with Crippen molar-refractivity contribution in [2.45, 2.75) is 12.8 Å². The Labute approximate surface area is 150 Å². The van der Waals surface area contributed by atoms with E-state index in [-0.39, 0.29) is 11.5 Å². The fourth-order valence-electron chi connectivity index (χ4n) is 1.10. The Morgan fingerprint density at radius 1 is 0.480 bits per heavy atom. The Hall–Kier alpha value is -1.24. The van der Waals surface area contributed by atoms with Crippen molar-refractivity contribution < 1.29 is 33.7 Å². The average Bonchev–Trinajstić information content (AvgIpc) is 2.51. The van der Waals surface area contributed by atoms with Crippen LogP contribution in [0.4, 0.5) is 0 Å². The van der Waals surface area contributed by atoms with Crippen molar-refractivity contribution in [1.82, 2.24) is 0 Å². The molecule has 0 amide bonds. The third-order valence-corrected chi connectivity index (χ3v) is 8.83. The molecule has 25 heavy (non-hydrogen) atoms. The Balaban J connectivity index is 0. The molecule has 0 rings (SSSR count). The van der Waals surface area contributed by atoms with E-state index in [0.717, 1.165) is 10.8 Å². The lowest BCUT2D eigenvalue weighted by atomic mass is 10.4. The van der Waals surface area contributed by atoms with Crippen LogP contribution in [0, 0.1) is 0 Å². The van der Waals surface area contributed by atoms with Crippen LogP contribution in [0.3, 0.4) is 0 Å². The molecule has 146 valence electrons. The second-order valence-electron chi connectivity index (χ2n) is 4.55. The second-order valence-corrected chi connectivity index (χ2v) is 12.9. The summed E-state index contributed by atoms with van der Waals surface area (Å²) in [5.41, 5.74) is 0.